The molecule has 4 rings (SSSR count). The molecule has 3 aromatic rings. The van der Waals surface area contributed by atoms with Gasteiger partial charge in [-0.25, -0.2) is 0 Å². The first-order chi connectivity index (χ1) is 44.7. The molecule has 0 aromatic heterocycles. The third-order valence-electron chi connectivity index (χ3n) is 15.9. The second-order valence-electron chi connectivity index (χ2n) is 23.9. The van der Waals surface area contributed by atoms with Crippen molar-refractivity contribution < 1.29 is 67.4 Å². The minimum Gasteiger partial charge on any atom is -0.508 e. The zero-order valence-corrected chi connectivity index (χ0v) is 54.8. The lowest BCUT2D eigenvalue weighted by Crippen LogP contribution is -2.61. The van der Waals surface area contributed by atoms with Crippen LogP contribution in [0.4, 0.5) is 5.69 Å². The molecule has 1 aliphatic heterocycles. The molecule has 1 aliphatic rings. The van der Waals surface area contributed by atoms with Crippen molar-refractivity contribution in [3.63, 3.8) is 0 Å². The average molecular weight is 1310 g/mol. The quantitative estimate of drug-likeness (QED) is 0.0748. The predicted molar refractivity (Wildman–Crippen MR) is 349 cm³/mol. The summed E-state index contributed by atoms with van der Waals surface area (Å²) >= 11 is 0. The Morgan fingerprint density at radius 2 is 1.10 bits per heavy atom. The van der Waals surface area contributed by atoms with Gasteiger partial charge in [-0.05, 0) is 124 Å². The van der Waals surface area contributed by atoms with Gasteiger partial charge in [0, 0.05) is 31.6 Å². The van der Waals surface area contributed by atoms with Gasteiger partial charge < -0.3 is 80.2 Å². The number of hydrogen-bond donors (Lipinski definition) is 14. The Morgan fingerprint density at radius 3 is 1.67 bits per heavy atom. The van der Waals surface area contributed by atoms with Crippen LogP contribution in [0.1, 0.15) is 134 Å². The molecular formula is C65H95N15O14. The van der Waals surface area contributed by atoms with E-state index in [9.17, 15) is 62.6 Å². The molecule has 0 fully saturated rings. The number of fused-ring (bicyclic) bond motifs is 2. The van der Waals surface area contributed by atoms with Crippen molar-refractivity contribution in [1.29, 1.82) is 0 Å². The summed E-state index contributed by atoms with van der Waals surface area (Å²) in [6.07, 6.45) is 1.95. The summed E-state index contributed by atoms with van der Waals surface area (Å²) in [6, 6.07) is 7.02. The number of azo groups is 1. The lowest BCUT2D eigenvalue weighted by atomic mass is 9.94. The number of phenolic OH excluding ortho intramolecular Hbond substituents is 1. The molecule has 29 heteroatoms. The van der Waals surface area contributed by atoms with Gasteiger partial charge in [0.05, 0.1) is 24.8 Å². The normalized spacial score (nSPS) is 24.0. The Kier molecular flexibility index (Phi) is 32.3. The number of carbonyl (C=O) groups excluding carboxylic acids is 12. The Labute approximate surface area is 548 Å². The molecule has 2 bridgehead atoms. The van der Waals surface area contributed by atoms with Crippen molar-refractivity contribution >= 4 is 76.6 Å². The van der Waals surface area contributed by atoms with Crippen molar-refractivity contribution in [3.05, 3.63) is 89.5 Å². The number of carbonyl (C=O) groups is 12. The number of benzene rings is 3. The third kappa shape index (κ3) is 25.4. The monoisotopic (exact) mass is 1310 g/mol. The first-order valence-electron chi connectivity index (χ1n) is 31.9. The van der Waals surface area contributed by atoms with Crippen LogP contribution in [-0.4, -0.2) is 157 Å². The van der Waals surface area contributed by atoms with Gasteiger partial charge in [0.15, 0.2) is 0 Å². The molecule has 0 saturated carbocycles. The van der Waals surface area contributed by atoms with Crippen LogP contribution in [0.25, 0.3) is 0 Å². The molecule has 12 amide bonds. The van der Waals surface area contributed by atoms with Crippen LogP contribution in [0.3, 0.4) is 0 Å². The topological polar surface area (TPSA) is 457 Å². The predicted octanol–water partition coefficient (Wildman–Crippen LogP) is 1.09. The van der Waals surface area contributed by atoms with E-state index in [1.807, 2.05) is 20.8 Å². The zero-order valence-electron chi connectivity index (χ0n) is 54.8. The van der Waals surface area contributed by atoms with Crippen molar-refractivity contribution in [1.82, 2.24) is 47.9 Å². The maximum absolute atomic E-state index is 14.5. The lowest BCUT2D eigenvalue weighted by Gasteiger charge is -2.31. The van der Waals surface area contributed by atoms with Gasteiger partial charge in [-0.2, -0.15) is 0 Å². The number of nitrogens with two attached hydrogens (primary N) is 3. The number of nitrogens with one attached hydrogen (secondary N) is 10. The van der Waals surface area contributed by atoms with Crippen molar-refractivity contribution in [3.8, 4) is 11.5 Å². The van der Waals surface area contributed by atoms with Crippen molar-refractivity contribution in [2.24, 2.45) is 45.2 Å². The Balaban J connectivity index is 1.68. The number of unbranched alkanes of at least 4 members (excludes halogenated alkanes) is 1. The van der Waals surface area contributed by atoms with Crippen LogP contribution in [0.15, 0.2) is 83.0 Å². The first kappa shape index (κ1) is 77.2. The van der Waals surface area contributed by atoms with E-state index in [1.165, 1.54) is 50.4 Å². The fourth-order valence-electron chi connectivity index (χ4n) is 9.87. The molecule has 0 spiro atoms. The van der Waals surface area contributed by atoms with E-state index in [2.05, 4.69) is 63.4 Å². The largest absolute Gasteiger partial charge is 0.508 e. The van der Waals surface area contributed by atoms with E-state index in [-0.39, 0.29) is 99.7 Å². The molecule has 17 N–H and O–H groups in total. The molecule has 0 radical (unpaired) electrons. The SMILES string of the molecule is CC[C@H](C)[C@@H]1NC(=O)[C@H](C)NC(=O)[C@@H](N)CCCNC(=O)[C@H](CCCCN)NC(=O)[C@H](Cc2ccc(O)cc2)NC(=O)C(=O)Nc2ccc(OC)c(c2)C(=O)N=NC(=O)[C@@H](N)CCCNC(=O)[C@H](CC(C)C)NC(=O)[C@H](Cc2ccccc2)NC(=O)[C@H]([C@@H](C)CC)NC1=O. The third-order valence-corrected chi connectivity index (χ3v) is 15.9. The van der Waals surface area contributed by atoms with Crippen LogP contribution in [-0.2, 0) is 65.6 Å². The van der Waals surface area contributed by atoms with Crippen LogP contribution < -0.4 is 75.1 Å². The smallest absolute Gasteiger partial charge is 0.313 e. The second-order valence-corrected chi connectivity index (χ2v) is 23.9. The molecule has 29 nitrogen and oxygen atoms in total. The van der Waals surface area contributed by atoms with E-state index in [4.69, 9.17) is 21.9 Å². The molecule has 0 aliphatic carbocycles. The maximum Gasteiger partial charge on any atom is 0.313 e. The number of methoxy groups -OCH3 is 1. The number of ether oxygens (including phenoxy) is 1. The van der Waals surface area contributed by atoms with E-state index >= 15 is 0 Å². The van der Waals surface area contributed by atoms with E-state index < -0.39 is 137 Å². The highest BCUT2D eigenvalue weighted by Crippen LogP contribution is 2.24. The lowest BCUT2D eigenvalue weighted by molar-refractivity contribution is -0.138. The molecule has 3 aromatic carbocycles. The van der Waals surface area contributed by atoms with E-state index in [0.717, 1.165) is 6.07 Å². The molecule has 0 unspecified atom stereocenters. The van der Waals surface area contributed by atoms with Crippen molar-refractivity contribution in [2.75, 3.05) is 32.1 Å². The Bertz CT molecular complexity index is 3110. The van der Waals surface area contributed by atoms with Gasteiger partial charge in [-0.1, -0.05) is 96.8 Å². The average Bonchev–Trinajstić information content (AvgIpc) is 0.869. The van der Waals surface area contributed by atoms with Gasteiger partial charge in [0.2, 0.25) is 47.3 Å². The van der Waals surface area contributed by atoms with Gasteiger partial charge >= 0.3 is 11.8 Å². The minimum atomic E-state index is -1.49. The van der Waals surface area contributed by atoms with Gasteiger partial charge in [-0.3, -0.25) is 57.5 Å². The van der Waals surface area contributed by atoms with E-state index in [0.29, 0.717) is 36.8 Å². The van der Waals surface area contributed by atoms with E-state index in [1.54, 1.807) is 51.1 Å². The summed E-state index contributed by atoms with van der Waals surface area (Å²) in [6.45, 7) is 12.4. The highest BCUT2D eigenvalue weighted by atomic mass is 16.5. The van der Waals surface area contributed by atoms with Crippen LogP contribution in [0.2, 0.25) is 0 Å². The Morgan fingerprint density at radius 1 is 0.564 bits per heavy atom. The summed E-state index contributed by atoms with van der Waals surface area (Å²) in [7, 11) is 1.24. The van der Waals surface area contributed by atoms with Gasteiger partial charge in [0.1, 0.15) is 53.8 Å². The number of rotatable bonds is 15. The molecule has 514 valence electrons. The summed E-state index contributed by atoms with van der Waals surface area (Å²) in [5, 5.41) is 43.7. The summed E-state index contributed by atoms with van der Waals surface area (Å²) in [4.78, 5) is 166. The number of hydrogen-bond acceptors (Lipinski definition) is 17. The highest BCUT2D eigenvalue weighted by molar-refractivity contribution is 6.40. The maximum atomic E-state index is 14.5. The number of amides is 12. The molecule has 0 saturated heterocycles. The standard InChI is InChI=1S/C65H95N15O14/c1-9-37(5)52-62(90)75-49(33-40-18-12-11-13-19-40)61(89)74-48(32-36(3)4)59(87)70-31-17-21-46(68)57(85)80-79-55(83)44-35-42(25-28-51(44)94-8)72-64(92)65(93)76-50(34-41-23-26-43(81)27-24-41)60(88)73-47(22-14-15-29-66)58(86)69-30-16-20-45(67)56(84)71-39(7)54(82)77-53(38(6)10-2)63(91)78-52/h11-13,18-19,23-28,35-39,45-50,52-53,81H,9-10,14-17,20-22,29-34,66-68H2,1-8H3,(H,69,86)(H,70,87)(H,71,84)(H,72,92)(H,73,88)(H,74,89)(H,75,90)(H,76,93)(H,77,82)(H,78,91)/t37-,38-,39-,45-,46-,47-,48-,49-,50-,52-,53-/m0/s1. The molecule has 1 heterocycles. The van der Waals surface area contributed by atoms with Crippen LogP contribution in [0.5, 0.6) is 11.5 Å². The minimum absolute atomic E-state index is 0.0130. The number of phenols is 1. The summed E-state index contributed by atoms with van der Waals surface area (Å²) < 4.78 is 5.32. The molecular weight excluding hydrogens is 1210 g/mol. The molecule has 11 atom stereocenters. The highest BCUT2D eigenvalue weighted by Gasteiger charge is 2.37. The second kappa shape index (κ2) is 39.4. The summed E-state index contributed by atoms with van der Waals surface area (Å²) in [5.74, 6) is -11.6. The van der Waals surface area contributed by atoms with Crippen LogP contribution >= 0.6 is 0 Å². The van der Waals surface area contributed by atoms with Crippen LogP contribution in [0, 0.1) is 17.8 Å². The Hall–Kier alpha value is -9.22. The summed E-state index contributed by atoms with van der Waals surface area (Å²) in [5.41, 5.74) is 18.9. The van der Waals surface area contributed by atoms with Gasteiger partial charge in [0.25, 0.3) is 11.8 Å². The number of anilines is 1. The fourth-order valence-corrected chi connectivity index (χ4v) is 9.87. The molecule has 94 heavy (non-hydrogen) atoms. The number of aromatic hydroxyl groups is 1. The van der Waals surface area contributed by atoms with Crippen molar-refractivity contribution in [2.45, 2.75) is 180 Å². The number of nitrogens with zero attached hydrogens (tertiary/aromatic N) is 2. The first-order valence-corrected chi connectivity index (χ1v) is 31.9. The fraction of sp³-hybridized carbons (Fsp3) is 0.538. The zero-order chi connectivity index (χ0) is 69.6. The van der Waals surface area contributed by atoms with Gasteiger partial charge in [-0.15, -0.1) is 10.2 Å².